The van der Waals surface area contributed by atoms with Crippen LogP contribution in [0.25, 0.3) is 0 Å². The van der Waals surface area contributed by atoms with Crippen molar-refractivity contribution in [2.75, 3.05) is 0 Å². The van der Waals surface area contributed by atoms with Crippen LogP contribution in [-0.4, -0.2) is 11.9 Å². The lowest BCUT2D eigenvalue weighted by molar-refractivity contribution is -0.118. The predicted octanol–water partition coefficient (Wildman–Crippen LogP) is -0.235. The van der Waals surface area contributed by atoms with E-state index in [2.05, 4.69) is 6.58 Å². The molecule has 0 spiro atoms. The van der Waals surface area contributed by atoms with Crippen molar-refractivity contribution >= 4 is 5.91 Å². The van der Waals surface area contributed by atoms with Crippen LogP contribution in [0, 0.1) is 0 Å². The Balaban J connectivity index is 3.26. The van der Waals surface area contributed by atoms with E-state index in [9.17, 15) is 4.79 Å². The van der Waals surface area contributed by atoms with E-state index in [-0.39, 0.29) is 11.9 Å². The molecular weight excluding hydrogens is 116 g/mol. The Morgan fingerprint density at radius 2 is 2.33 bits per heavy atom. The number of carbonyl (C=O) groups excluding carboxylic acids is 1. The summed E-state index contributed by atoms with van der Waals surface area (Å²) >= 11 is 0. The molecule has 0 radical (unpaired) electrons. The highest BCUT2D eigenvalue weighted by Crippen LogP contribution is 1.92. The van der Waals surface area contributed by atoms with Gasteiger partial charge in [-0.05, 0) is 6.42 Å². The van der Waals surface area contributed by atoms with Crippen molar-refractivity contribution in [2.45, 2.75) is 18.9 Å². The van der Waals surface area contributed by atoms with Gasteiger partial charge in [-0.3, -0.25) is 4.79 Å². The van der Waals surface area contributed by atoms with E-state index < -0.39 is 0 Å². The number of carbonyl (C=O) groups is 1. The second kappa shape index (κ2) is 4.09. The summed E-state index contributed by atoms with van der Waals surface area (Å²) in [5, 5.41) is 0. The summed E-state index contributed by atoms with van der Waals surface area (Å²) in [4.78, 5) is 10.2. The SMILES string of the molecule is C=CC(N)CCC(N)=O. The van der Waals surface area contributed by atoms with Gasteiger partial charge in [-0.25, -0.2) is 0 Å². The molecule has 1 amide bonds. The van der Waals surface area contributed by atoms with Crippen molar-refractivity contribution in [1.29, 1.82) is 0 Å². The van der Waals surface area contributed by atoms with E-state index in [4.69, 9.17) is 11.5 Å². The van der Waals surface area contributed by atoms with E-state index in [1.165, 1.54) is 0 Å². The Morgan fingerprint density at radius 3 is 2.67 bits per heavy atom. The highest BCUT2D eigenvalue weighted by atomic mass is 16.1. The highest BCUT2D eigenvalue weighted by molar-refractivity contribution is 5.73. The molecule has 0 saturated carbocycles. The fourth-order valence-electron chi connectivity index (χ4n) is 0.427. The van der Waals surface area contributed by atoms with Gasteiger partial charge in [0.2, 0.25) is 5.91 Å². The number of primary amides is 1. The molecule has 0 bridgehead atoms. The van der Waals surface area contributed by atoms with E-state index in [0.717, 1.165) is 0 Å². The minimum atomic E-state index is -0.313. The number of hydrogen-bond donors (Lipinski definition) is 2. The quantitative estimate of drug-likeness (QED) is 0.513. The molecule has 3 nitrogen and oxygen atoms in total. The maximum atomic E-state index is 10.2. The number of rotatable bonds is 4. The molecule has 9 heavy (non-hydrogen) atoms. The van der Waals surface area contributed by atoms with E-state index in [0.29, 0.717) is 12.8 Å². The molecule has 0 rings (SSSR count). The molecule has 0 aliphatic rings. The smallest absolute Gasteiger partial charge is 0.217 e. The molecule has 0 heterocycles. The van der Waals surface area contributed by atoms with Gasteiger partial charge in [0.1, 0.15) is 0 Å². The molecule has 0 fully saturated rings. The standard InChI is InChI=1S/C6H12N2O/c1-2-5(7)3-4-6(8)9/h2,5H,1,3-4,7H2,(H2,8,9). The van der Waals surface area contributed by atoms with Gasteiger partial charge >= 0.3 is 0 Å². The number of hydrogen-bond acceptors (Lipinski definition) is 2. The minimum absolute atomic E-state index is 0.0995. The van der Waals surface area contributed by atoms with Gasteiger partial charge in [-0.15, -0.1) is 6.58 Å². The fourth-order valence-corrected chi connectivity index (χ4v) is 0.427. The van der Waals surface area contributed by atoms with Gasteiger partial charge in [-0.1, -0.05) is 6.08 Å². The van der Waals surface area contributed by atoms with Crippen LogP contribution in [0.2, 0.25) is 0 Å². The molecule has 0 aromatic rings. The van der Waals surface area contributed by atoms with Crippen LogP contribution in [0.1, 0.15) is 12.8 Å². The van der Waals surface area contributed by atoms with Gasteiger partial charge in [0.25, 0.3) is 0 Å². The van der Waals surface area contributed by atoms with Gasteiger partial charge in [-0.2, -0.15) is 0 Å². The molecule has 4 N–H and O–H groups in total. The van der Waals surface area contributed by atoms with E-state index >= 15 is 0 Å². The van der Waals surface area contributed by atoms with Crippen LogP contribution in [-0.2, 0) is 4.79 Å². The first-order valence-corrected chi connectivity index (χ1v) is 2.83. The van der Waals surface area contributed by atoms with Gasteiger partial charge < -0.3 is 11.5 Å². The first-order chi connectivity index (χ1) is 4.16. The maximum Gasteiger partial charge on any atom is 0.217 e. The van der Waals surface area contributed by atoms with Crippen LogP contribution in [0.15, 0.2) is 12.7 Å². The Morgan fingerprint density at radius 1 is 1.78 bits per heavy atom. The van der Waals surface area contributed by atoms with E-state index in [1.807, 2.05) is 0 Å². The molecular formula is C6H12N2O. The summed E-state index contributed by atoms with van der Waals surface area (Å²) < 4.78 is 0. The van der Waals surface area contributed by atoms with Crippen LogP contribution < -0.4 is 11.5 Å². The largest absolute Gasteiger partial charge is 0.370 e. The minimum Gasteiger partial charge on any atom is -0.370 e. The fraction of sp³-hybridized carbons (Fsp3) is 0.500. The summed E-state index contributed by atoms with van der Waals surface area (Å²) in [5.74, 6) is -0.313. The molecule has 1 atom stereocenters. The highest BCUT2D eigenvalue weighted by Gasteiger charge is 1.98. The average Bonchev–Trinajstić information content (AvgIpc) is 1.83. The Kier molecular flexibility index (Phi) is 3.71. The molecule has 0 aromatic carbocycles. The maximum absolute atomic E-state index is 10.2. The van der Waals surface area contributed by atoms with Crippen molar-refractivity contribution in [3.8, 4) is 0 Å². The van der Waals surface area contributed by atoms with Crippen LogP contribution in [0.5, 0.6) is 0 Å². The first-order valence-electron chi connectivity index (χ1n) is 2.83. The zero-order valence-electron chi connectivity index (χ0n) is 5.34. The first kappa shape index (κ1) is 8.17. The summed E-state index contributed by atoms with van der Waals surface area (Å²) in [6, 6.07) is -0.0995. The Hall–Kier alpha value is -0.830. The van der Waals surface area contributed by atoms with Crippen molar-refractivity contribution in [3.05, 3.63) is 12.7 Å². The second-order valence-corrected chi connectivity index (χ2v) is 1.90. The molecule has 0 aliphatic heterocycles. The molecule has 3 heteroatoms. The average molecular weight is 128 g/mol. The Labute approximate surface area is 54.7 Å². The third kappa shape index (κ3) is 5.03. The summed E-state index contributed by atoms with van der Waals surface area (Å²) in [7, 11) is 0. The normalized spacial score (nSPS) is 12.6. The van der Waals surface area contributed by atoms with Crippen molar-refractivity contribution in [1.82, 2.24) is 0 Å². The summed E-state index contributed by atoms with van der Waals surface area (Å²) in [6.45, 7) is 3.46. The van der Waals surface area contributed by atoms with Gasteiger partial charge in [0.15, 0.2) is 0 Å². The van der Waals surface area contributed by atoms with Crippen molar-refractivity contribution in [3.63, 3.8) is 0 Å². The molecule has 0 aromatic heterocycles. The predicted molar refractivity (Wildman–Crippen MR) is 36.6 cm³/mol. The number of amides is 1. The number of nitrogens with two attached hydrogens (primary N) is 2. The third-order valence-electron chi connectivity index (χ3n) is 1.03. The lowest BCUT2D eigenvalue weighted by atomic mass is 10.2. The molecule has 1 unspecified atom stereocenters. The monoisotopic (exact) mass is 128 g/mol. The zero-order chi connectivity index (χ0) is 7.28. The third-order valence-corrected chi connectivity index (χ3v) is 1.03. The summed E-state index contributed by atoms with van der Waals surface area (Å²) in [5.41, 5.74) is 10.3. The van der Waals surface area contributed by atoms with Crippen molar-refractivity contribution in [2.24, 2.45) is 11.5 Å². The topological polar surface area (TPSA) is 69.1 Å². The van der Waals surface area contributed by atoms with Gasteiger partial charge in [0, 0.05) is 12.5 Å². The zero-order valence-corrected chi connectivity index (χ0v) is 5.34. The second-order valence-electron chi connectivity index (χ2n) is 1.90. The molecule has 0 aliphatic carbocycles. The lowest BCUT2D eigenvalue weighted by Crippen LogP contribution is -2.20. The lowest BCUT2D eigenvalue weighted by Gasteiger charge is -2.01. The Bertz CT molecular complexity index is 112. The van der Waals surface area contributed by atoms with Crippen LogP contribution >= 0.6 is 0 Å². The van der Waals surface area contributed by atoms with Crippen molar-refractivity contribution < 1.29 is 4.79 Å². The van der Waals surface area contributed by atoms with Crippen LogP contribution in [0.4, 0.5) is 0 Å². The molecule has 0 saturated heterocycles. The van der Waals surface area contributed by atoms with Gasteiger partial charge in [0.05, 0.1) is 0 Å². The van der Waals surface area contributed by atoms with Crippen LogP contribution in [0.3, 0.4) is 0 Å². The molecule has 52 valence electrons. The van der Waals surface area contributed by atoms with E-state index in [1.54, 1.807) is 6.08 Å². The summed E-state index contributed by atoms with van der Waals surface area (Å²) in [6.07, 6.45) is 2.54.